The Morgan fingerprint density at radius 2 is 2.15 bits per heavy atom. The highest BCUT2D eigenvalue weighted by molar-refractivity contribution is 7.98. The Kier molecular flexibility index (Phi) is 6.57. The van der Waals surface area contributed by atoms with Gasteiger partial charge in [0.1, 0.15) is 12.6 Å². The second-order valence-corrected chi connectivity index (χ2v) is 8.19. The Balaban J connectivity index is 1.63. The third kappa shape index (κ3) is 5.14. The first-order chi connectivity index (χ1) is 13.1. The minimum absolute atomic E-state index is 0.103. The number of benzene rings is 1. The van der Waals surface area contributed by atoms with E-state index >= 15 is 0 Å². The number of aromatic nitrogens is 1. The maximum absolute atomic E-state index is 12.6. The van der Waals surface area contributed by atoms with Crippen LogP contribution in [0.4, 0.5) is 5.13 Å². The SMILES string of the molecule is CSCC[C@@H](NC(=O)C1COc2ccccc2O1)C(=O)Nc1ncc(C)s1. The average Bonchev–Trinajstić information content (AvgIpc) is 3.09. The monoisotopic (exact) mass is 407 g/mol. The zero-order chi connectivity index (χ0) is 19.2. The number of thiazole rings is 1. The maximum Gasteiger partial charge on any atom is 0.265 e. The highest BCUT2D eigenvalue weighted by Gasteiger charge is 2.30. The fraction of sp³-hybridized carbons (Fsp3) is 0.389. The number of thioether (sulfide) groups is 1. The zero-order valence-corrected chi connectivity index (χ0v) is 16.7. The molecule has 2 heterocycles. The molecule has 2 N–H and O–H groups in total. The molecular weight excluding hydrogens is 386 g/mol. The summed E-state index contributed by atoms with van der Waals surface area (Å²) in [6.45, 7) is 2.02. The molecule has 2 amide bonds. The molecule has 0 bridgehead atoms. The number of hydrogen-bond acceptors (Lipinski definition) is 7. The van der Waals surface area contributed by atoms with Crippen molar-refractivity contribution in [1.29, 1.82) is 0 Å². The smallest absolute Gasteiger partial charge is 0.265 e. The number of fused-ring (bicyclic) bond motifs is 1. The van der Waals surface area contributed by atoms with Crippen molar-refractivity contribution in [1.82, 2.24) is 10.3 Å². The molecule has 0 saturated carbocycles. The van der Waals surface area contributed by atoms with E-state index in [4.69, 9.17) is 9.47 Å². The molecule has 1 aromatic heterocycles. The predicted molar refractivity (Wildman–Crippen MR) is 107 cm³/mol. The van der Waals surface area contributed by atoms with E-state index in [2.05, 4.69) is 15.6 Å². The number of hydrogen-bond donors (Lipinski definition) is 2. The molecule has 0 saturated heterocycles. The number of nitrogens with one attached hydrogen (secondary N) is 2. The van der Waals surface area contributed by atoms with Crippen LogP contribution in [0.15, 0.2) is 30.5 Å². The number of nitrogens with zero attached hydrogens (tertiary/aromatic N) is 1. The van der Waals surface area contributed by atoms with Gasteiger partial charge in [0.2, 0.25) is 12.0 Å². The van der Waals surface area contributed by atoms with Crippen LogP contribution in [0.2, 0.25) is 0 Å². The summed E-state index contributed by atoms with van der Waals surface area (Å²) in [4.78, 5) is 30.4. The quantitative estimate of drug-likeness (QED) is 0.733. The molecule has 1 aromatic carbocycles. The largest absolute Gasteiger partial charge is 0.485 e. The standard InChI is InChI=1S/C18H21N3O4S2/c1-11-9-19-18(27-11)21-16(22)12(7-8-26-2)20-17(23)15-10-24-13-5-3-4-6-14(13)25-15/h3-6,9,12,15H,7-8,10H2,1-2H3,(H,20,23)(H,19,21,22)/t12-,15?/m1/s1. The van der Waals surface area contributed by atoms with Crippen LogP contribution in [0.3, 0.4) is 0 Å². The molecule has 0 aliphatic carbocycles. The van der Waals surface area contributed by atoms with E-state index in [1.165, 1.54) is 11.3 Å². The molecule has 0 radical (unpaired) electrons. The minimum Gasteiger partial charge on any atom is -0.485 e. The Labute approximate surface area is 165 Å². The van der Waals surface area contributed by atoms with Crippen molar-refractivity contribution >= 4 is 40.0 Å². The summed E-state index contributed by atoms with van der Waals surface area (Å²) in [5.41, 5.74) is 0. The van der Waals surface area contributed by atoms with Crippen molar-refractivity contribution in [3.8, 4) is 11.5 Å². The molecule has 1 aliphatic rings. The molecule has 2 aromatic rings. The van der Waals surface area contributed by atoms with Crippen LogP contribution in [0, 0.1) is 6.92 Å². The van der Waals surface area contributed by atoms with Gasteiger partial charge in [0.15, 0.2) is 16.6 Å². The third-order valence-corrected chi connectivity index (χ3v) is 5.37. The van der Waals surface area contributed by atoms with Crippen molar-refractivity contribution in [2.24, 2.45) is 0 Å². The van der Waals surface area contributed by atoms with Crippen LogP contribution in [-0.2, 0) is 9.59 Å². The molecule has 1 unspecified atom stereocenters. The molecule has 27 heavy (non-hydrogen) atoms. The zero-order valence-electron chi connectivity index (χ0n) is 15.1. The number of anilines is 1. The van der Waals surface area contributed by atoms with Gasteiger partial charge in [-0.1, -0.05) is 12.1 Å². The molecule has 0 spiro atoms. The first-order valence-electron chi connectivity index (χ1n) is 8.48. The number of carbonyl (C=O) groups excluding carboxylic acids is 2. The van der Waals surface area contributed by atoms with E-state index in [0.717, 1.165) is 10.6 Å². The fourth-order valence-electron chi connectivity index (χ4n) is 2.52. The number of ether oxygens (including phenoxy) is 2. The normalized spacial score (nSPS) is 16.4. The Morgan fingerprint density at radius 1 is 1.37 bits per heavy atom. The lowest BCUT2D eigenvalue weighted by Gasteiger charge is -2.27. The molecule has 2 atom stereocenters. The lowest BCUT2D eigenvalue weighted by molar-refractivity contribution is -0.133. The summed E-state index contributed by atoms with van der Waals surface area (Å²) in [5, 5.41) is 6.08. The molecule has 144 valence electrons. The van der Waals surface area contributed by atoms with E-state index < -0.39 is 12.1 Å². The minimum atomic E-state index is -0.799. The van der Waals surface area contributed by atoms with Gasteiger partial charge in [0.25, 0.3) is 5.91 Å². The summed E-state index contributed by atoms with van der Waals surface area (Å²) in [7, 11) is 0. The highest BCUT2D eigenvalue weighted by atomic mass is 32.2. The second kappa shape index (κ2) is 9.09. The first-order valence-corrected chi connectivity index (χ1v) is 10.7. The van der Waals surface area contributed by atoms with Crippen LogP contribution < -0.4 is 20.1 Å². The summed E-state index contributed by atoms with van der Waals surface area (Å²) in [6.07, 6.45) is 3.36. The Morgan fingerprint density at radius 3 is 2.85 bits per heavy atom. The Hall–Kier alpha value is -2.26. The summed E-state index contributed by atoms with van der Waals surface area (Å²) >= 11 is 3.00. The van der Waals surface area contributed by atoms with E-state index in [1.54, 1.807) is 30.1 Å². The van der Waals surface area contributed by atoms with Gasteiger partial charge in [-0.05, 0) is 37.5 Å². The van der Waals surface area contributed by atoms with E-state index in [0.29, 0.717) is 23.1 Å². The van der Waals surface area contributed by atoms with Gasteiger partial charge in [0.05, 0.1) is 0 Å². The predicted octanol–water partition coefficient (Wildman–Crippen LogP) is 2.47. The summed E-state index contributed by atoms with van der Waals surface area (Å²) < 4.78 is 11.3. The van der Waals surface area contributed by atoms with Crippen molar-refractivity contribution in [2.45, 2.75) is 25.5 Å². The lowest BCUT2D eigenvalue weighted by atomic mass is 10.2. The van der Waals surface area contributed by atoms with Gasteiger partial charge < -0.3 is 20.1 Å². The molecule has 3 rings (SSSR count). The van der Waals surface area contributed by atoms with Crippen LogP contribution in [0.25, 0.3) is 0 Å². The van der Waals surface area contributed by atoms with E-state index in [1.807, 2.05) is 25.3 Å². The van der Waals surface area contributed by atoms with Gasteiger partial charge in [-0.25, -0.2) is 4.98 Å². The molecule has 1 aliphatic heterocycles. The highest BCUT2D eigenvalue weighted by Crippen LogP contribution is 2.30. The number of para-hydroxylation sites is 2. The van der Waals surface area contributed by atoms with E-state index in [-0.39, 0.29) is 18.4 Å². The van der Waals surface area contributed by atoms with Crippen molar-refractivity contribution < 1.29 is 19.1 Å². The van der Waals surface area contributed by atoms with Crippen LogP contribution in [-0.4, -0.2) is 47.6 Å². The molecule has 9 heteroatoms. The topological polar surface area (TPSA) is 89.5 Å². The van der Waals surface area contributed by atoms with Gasteiger partial charge in [-0.15, -0.1) is 11.3 Å². The molecule has 0 fully saturated rings. The van der Waals surface area contributed by atoms with Gasteiger partial charge in [0, 0.05) is 11.1 Å². The van der Waals surface area contributed by atoms with E-state index in [9.17, 15) is 9.59 Å². The summed E-state index contributed by atoms with van der Waals surface area (Å²) in [6, 6.07) is 6.51. The second-order valence-electron chi connectivity index (χ2n) is 5.97. The van der Waals surface area contributed by atoms with Crippen molar-refractivity contribution in [2.75, 3.05) is 23.9 Å². The van der Waals surface area contributed by atoms with Gasteiger partial charge >= 0.3 is 0 Å². The summed E-state index contributed by atoms with van der Waals surface area (Å²) in [5.74, 6) is 1.20. The van der Waals surface area contributed by atoms with Gasteiger partial charge in [-0.3, -0.25) is 9.59 Å². The third-order valence-electron chi connectivity index (χ3n) is 3.90. The van der Waals surface area contributed by atoms with Crippen molar-refractivity contribution in [3.63, 3.8) is 0 Å². The molecule has 7 nitrogen and oxygen atoms in total. The number of rotatable bonds is 7. The maximum atomic E-state index is 12.6. The first kappa shape index (κ1) is 19.5. The van der Waals surface area contributed by atoms with Gasteiger partial charge in [-0.2, -0.15) is 11.8 Å². The molecular formula is C18H21N3O4S2. The van der Waals surface area contributed by atoms with Crippen LogP contribution in [0.1, 0.15) is 11.3 Å². The number of amides is 2. The number of carbonyl (C=O) groups is 2. The number of aryl methyl sites for hydroxylation is 1. The Bertz CT molecular complexity index is 811. The van der Waals surface area contributed by atoms with Crippen LogP contribution >= 0.6 is 23.1 Å². The van der Waals surface area contributed by atoms with Crippen LogP contribution in [0.5, 0.6) is 11.5 Å². The fourth-order valence-corrected chi connectivity index (χ4v) is 3.66. The van der Waals surface area contributed by atoms with Crippen molar-refractivity contribution in [3.05, 3.63) is 35.3 Å². The lowest BCUT2D eigenvalue weighted by Crippen LogP contribution is -2.51. The average molecular weight is 408 g/mol.